The van der Waals surface area contributed by atoms with Crippen molar-refractivity contribution >= 4 is 28.5 Å². The number of Topliss-reactive ketones (excluding diaryl/α,β-unsaturated/α-hetero) is 2. The number of phenols is 2. The van der Waals surface area contributed by atoms with Crippen LogP contribution in [0.15, 0.2) is 15.7 Å². The fourth-order valence-electron chi connectivity index (χ4n) is 3.02. The molecule has 0 amide bonds. The number of hydrogen-bond acceptors (Lipinski definition) is 8. The van der Waals surface area contributed by atoms with Gasteiger partial charge < -0.3 is 24.5 Å². The van der Waals surface area contributed by atoms with Crippen molar-refractivity contribution in [1.29, 1.82) is 0 Å². The molecule has 8 heteroatoms. The van der Waals surface area contributed by atoms with Gasteiger partial charge in [0.15, 0.2) is 17.1 Å². The van der Waals surface area contributed by atoms with Crippen LogP contribution in [0.1, 0.15) is 48.0 Å². The maximum atomic E-state index is 12.0. The lowest BCUT2D eigenvalue weighted by molar-refractivity contribution is -0.140. The second-order valence-corrected chi connectivity index (χ2v) is 6.38. The molecule has 0 fully saturated rings. The average Bonchev–Trinajstić information content (AvgIpc) is 2.88. The highest BCUT2D eigenvalue weighted by Crippen LogP contribution is 2.43. The summed E-state index contributed by atoms with van der Waals surface area (Å²) in [4.78, 5) is 35.7. The van der Waals surface area contributed by atoms with Gasteiger partial charge in [-0.2, -0.15) is 0 Å². The Morgan fingerprint density at radius 1 is 1.04 bits per heavy atom. The van der Waals surface area contributed by atoms with Crippen molar-refractivity contribution in [2.75, 3.05) is 6.61 Å². The number of carbonyl (C=O) groups excluding carboxylic acids is 3. The van der Waals surface area contributed by atoms with Crippen molar-refractivity contribution in [3.63, 3.8) is 0 Å². The molecule has 0 saturated carbocycles. The van der Waals surface area contributed by atoms with Gasteiger partial charge in [0.05, 0.1) is 18.4 Å². The van der Waals surface area contributed by atoms with Gasteiger partial charge in [-0.15, -0.1) is 0 Å². The molecule has 1 aromatic carbocycles. The first kappa shape index (κ1) is 21.0. The van der Waals surface area contributed by atoms with Crippen LogP contribution in [0.3, 0.4) is 0 Å². The number of hydrogen-bond donors (Lipinski definition) is 3. The van der Waals surface area contributed by atoms with Gasteiger partial charge in [-0.1, -0.05) is 0 Å². The second kappa shape index (κ2) is 7.75. The number of ether oxygens (including phenoxy) is 1. The topological polar surface area (TPSA) is 134 Å². The van der Waals surface area contributed by atoms with Gasteiger partial charge in [0, 0.05) is 11.1 Å². The number of fused-ring (bicyclic) bond motifs is 1. The first-order chi connectivity index (χ1) is 13.0. The third-order valence-corrected chi connectivity index (χ3v) is 4.46. The maximum Gasteiger partial charge on any atom is 0.345 e. The van der Waals surface area contributed by atoms with E-state index in [0.717, 1.165) is 6.92 Å². The number of benzene rings is 1. The Labute approximate surface area is 161 Å². The third kappa shape index (κ3) is 3.45. The third-order valence-electron chi connectivity index (χ3n) is 4.46. The van der Waals surface area contributed by atoms with Gasteiger partial charge in [-0.05, 0) is 34.6 Å². The number of aliphatic hydroxyl groups excluding tert-OH is 1. The van der Waals surface area contributed by atoms with E-state index in [0.29, 0.717) is 5.56 Å². The molecule has 0 aliphatic rings. The van der Waals surface area contributed by atoms with Crippen molar-refractivity contribution in [3.05, 3.63) is 33.8 Å². The van der Waals surface area contributed by atoms with E-state index in [1.54, 1.807) is 13.8 Å². The van der Waals surface area contributed by atoms with Gasteiger partial charge in [-0.25, -0.2) is 4.79 Å². The number of allylic oxidation sites excluding steroid dienone is 1. The predicted molar refractivity (Wildman–Crippen MR) is 99.7 cm³/mol. The van der Waals surface area contributed by atoms with E-state index in [-0.39, 0.29) is 46.6 Å². The fourth-order valence-corrected chi connectivity index (χ4v) is 3.02. The molecule has 0 bridgehead atoms. The molecule has 2 rings (SSSR count). The number of esters is 1. The van der Waals surface area contributed by atoms with Crippen molar-refractivity contribution in [1.82, 2.24) is 0 Å². The van der Waals surface area contributed by atoms with Gasteiger partial charge in [0.2, 0.25) is 0 Å². The highest BCUT2D eigenvalue weighted by atomic mass is 16.5. The summed E-state index contributed by atoms with van der Waals surface area (Å²) in [5, 5.41) is 31.2. The van der Waals surface area contributed by atoms with Crippen LogP contribution in [-0.2, 0) is 20.7 Å². The summed E-state index contributed by atoms with van der Waals surface area (Å²) in [5.74, 6) is -3.19. The van der Waals surface area contributed by atoms with Crippen LogP contribution >= 0.6 is 0 Å². The SMILES string of the molecule is CCOC(=O)/C(C(C)=O)=C(/O)Cc1oc2c(C(C)=O)c(O)c(C)c(O)c2c1C. The molecule has 0 radical (unpaired) electrons. The molecule has 1 heterocycles. The van der Waals surface area contributed by atoms with Crippen molar-refractivity contribution < 1.29 is 38.9 Å². The van der Waals surface area contributed by atoms with E-state index >= 15 is 0 Å². The monoisotopic (exact) mass is 390 g/mol. The molecule has 0 saturated heterocycles. The second-order valence-electron chi connectivity index (χ2n) is 6.38. The first-order valence-electron chi connectivity index (χ1n) is 8.60. The summed E-state index contributed by atoms with van der Waals surface area (Å²) < 4.78 is 10.4. The minimum absolute atomic E-state index is 0.0287. The van der Waals surface area contributed by atoms with Gasteiger partial charge in [-0.3, -0.25) is 9.59 Å². The maximum absolute atomic E-state index is 12.0. The summed E-state index contributed by atoms with van der Waals surface area (Å²) in [6.07, 6.45) is -0.342. The number of ketones is 2. The van der Waals surface area contributed by atoms with Crippen LogP contribution in [0, 0.1) is 13.8 Å². The molecule has 0 aliphatic carbocycles. The van der Waals surface area contributed by atoms with Gasteiger partial charge >= 0.3 is 5.97 Å². The molecule has 8 nitrogen and oxygen atoms in total. The minimum atomic E-state index is -0.956. The number of aryl methyl sites for hydroxylation is 1. The van der Waals surface area contributed by atoms with Gasteiger partial charge in [0.1, 0.15) is 34.2 Å². The van der Waals surface area contributed by atoms with Crippen LogP contribution in [0.2, 0.25) is 0 Å². The molecule has 150 valence electrons. The minimum Gasteiger partial charge on any atom is -0.511 e. The van der Waals surface area contributed by atoms with Crippen LogP contribution in [0.25, 0.3) is 11.0 Å². The Balaban J connectivity index is 2.71. The Morgan fingerprint density at radius 2 is 1.64 bits per heavy atom. The zero-order chi connectivity index (χ0) is 21.3. The average molecular weight is 390 g/mol. The summed E-state index contributed by atoms with van der Waals surface area (Å²) in [7, 11) is 0. The standard InChI is InChI=1S/C20H22O8/c1-6-27-20(26)15(10(4)21)12(23)7-13-8(2)14-17(24)9(3)18(25)16(11(5)22)19(14)28-13/h23-25H,6-7H2,1-5H3/b15-12+. The Kier molecular flexibility index (Phi) is 5.82. The van der Waals surface area contributed by atoms with Crippen molar-refractivity contribution in [3.8, 4) is 11.5 Å². The van der Waals surface area contributed by atoms with Gasteiger partial charge in [0.25, 0.3) is 0 Å². The Hall–Kier alpha value is -3.29. The zero-order valence-corrected chi connectivity index (χ0v) is 16.3. The number of aromatic hydroxyl groups is 2. The number of carbonyl (C=O) groups is 3. The van der Waals surface area contributed by atoms with E-state index < -0.39 is 34.6 Å². The summed E-state index contributed by atoms with van der Waals surface area (Å²) in [6.45, 7) is 7.00. The molecular formula is C20H22O8. The molecular weight excluding hydrogens is 368 g/mol. The van der Waals surface area contributed by atoms with E-state index in [1.165, 1.54) is 13.8 Å². The molecule has 0 spiro atoms. The predicted octanol–water partition coefficient (Wildman–Crippen LogP) is 3.17. The lowest BCUT2D eigenvalue weighted by Gasteiger charge is -2.08. The quantitative estimate of drug-likeness (QED) is 0.171. The normalized spacial score (nSPS) is 12.0. The van der Waals surface area contributed by atoms with Crippen molar-refractivity contribution in [2.24, 2.45) is 0 Å². The summed E-state index contributed by atoms with van der Waals surface area (Å²) >= 11 is 0. The number of aliphatic hydroxyl groups is 1. The van der Waals surface area contributed by atoms with E-state index in [9.17, 15) is 29.7 Å². The lowest BCUT2D eigenvalue weighted by Crippen LogP contribution is -2.17. The van der Waals surface area contributed by atoms with Crippen LogP contribution in [0.5, 0.6) is 11.5 Å². The summed E-state index contributed by atoms with van der Waals surface area (Å²) in [6, 6.07) is 0. The van der Waals surface area contributed by atoms with Crippen molar-refractivity contribution in [2.45, 2.75) is 41.0 Å². The largest absolute Gasteiger partial charge is 0.511 e. The zero-order valence-electron chi connectivity index (χ0n) is 16.3. The molecule has 0 unspecified atom stereocenters. The first-order valence-corrected chi connectivity index (χ1v) is 8.60. The molecule has 0 aliphatic heterocycles. The smallest absolute Gasteiger partial charge is 0.345 e. The lowest BCUT2D eigenvalue weighted by atomic mass is 9.99. The summed E-state index contributed by atoms with van der Waals surface area (Å²) in [5.41, 5.74) is -0.119. The number of furan rings is 1. The van der Waals surface area contributed by atoms with E-state index in [4.69, 9.17) is 9.15 Å². The number of rotatable bonds is 6. The highest BCUT2D eigenvalue weighted by Gasteiger charge is 2.27. The van der Waals surface area contributed by atoms with Crippen LogP contribution in [0.4, 0.5) is 0 Å². The van der Waals surface area contributed by atoms with E-state index in [1.807, 2.05) is 0 Å². The molecule has 3 N–H and O–H groups in total. The highest BCUT2D eigenvalue weighted by molar-refractivity contribution is 6.16. The van der Waals surface area contributed by atoms with E-state index in [2.05, 4.69) is 0 Å². The Bertz CT molecular complexity index is 1020. The molecule has 28 heavy (non-hydrogen) atoms. The Morgan fingerprint density at radius 3 is 2.14 bits per heavy atom. The van der Waals surface area contributed by atoms with Crippen LogP contribution < -0.4 is 0 Å². The fraction of sp³-hybridized carbons (Fsp3) is 0.350. The number of phenolic OH excluding ortho intramolecular Hbond substituents is 2. The molecule has 1 aromatic heterocycles. The van der Waals surface area contributed by atoms with Crippen LogP contribution in [-0.4, -0.2) is 39.5 Å². The molecule has 2 aromatic rings. The molecule has 0 atom stereocenters.